The van der Waals surface area contributed by atoms with Gasteiger partial charge in [-0.15, -0.1) is 0 Å². The van der Waals surface area contributed by atoms with E-state index in [9.17, 15) is 0 Å². The van der Waals surface area contributed by atoms with Crippen molar-refractivity contribution in [3.05, 3.63) is 59.7 Å². The van der Waals surface area contributed by atoms with E-state index >= 15 is 0 Å². The Hall–Kier alpha value is -1.56. The Morgan fingerprint density at radius 3 is 2.31 bits per heavy atom. The summed E-state index contributed by atoms with van der Waals surface area (Å²) in [7, 11) is 0. The molecular weight excluding hydrogens is 192 g/mol. The minimum Gasteiger partial charge on any atom is -0.0651 e. The third-order valence-electron chi connectivity index (χ3n) is 2.91. The summed E-state index contributed by atoms with van der Waals surface area (Å²) < 4.78 is 0. The number of benzene rings is 2. The van der Waals surface area contributed by atoms with Crippen LogP contribution in [-0.2, 0) is 6.42 Å². The Balaban J connectivity index is 2.37. The van der Waals surface area contributed by atoms with Crippen molar-refractivity contribution in [2.45, 2.75) is 26.7 Å². The number of hydrogen-bond acceptors (Lipinski definition) is 0. The molecule has 0 spiro atoms. The molecule has 0 aliphatic rings. The molecule has 0 saturated heterocycles. The summed E-state index contributed by atoms with van der Waals surface area (Å²) in [5.41, 5.74) is 5.47. The lowest BCUT2D eigenvalue weighted by Crippen LogP contribution is -1.88. The minimum atomic E-state index is 1.18. The van der Waals surface area contributed by atoms with Gasteiger partial charge in [0.05, 0.1) is 0 Å². The zero-order chi connectivity index (χ0) is 11.4. The lowest BCUT2D eigenvalue weighted by molar-refractivity contribution is 0.920. The standard InChI is InChI=1S/C16H18/c1-3-7-14-10-11-16(13(2)12-14)15-8-5-4-6-9-15/h4-6,8-12H,3,7H2,1-2H3. The monoisotopic (exact) mass is 210 g/mol. The third-order valence-corrected chi connectivity index (χ3v) is 2.91. The average molecular weight is 210 g/mol. The van der Waals surface area contributed by atoms with Gasteiger partial charge in [-0.2, -0.15) is 0 Å². The third kappa shape index (κ3) is 2.33. The fourth-order valence-corrected chi connectivity index (χ4v) is 2.11. The van der Waals surface area contributed by atoms with Crippen molar-refractivity contribution < 1.29 is 0 Å². The van der Waals surface area contributed by atoms with Gasteiger partial charge in [-0.3, -0.25) is 0 Å². The van der Waals surface area contributed by atoms with Gasteiger partial charge in [-0.25, -0.2) is 0 Å². The molecule has 2 rings (SSSR count). The van der Waals surface area contributed by atoms with Crippen LogP contribution in [0.25, 0.3) is 11.1 Å². The van der Waals surface area contributed by atoms with Crippen LogP contribution in [0, 0.1) is 6.92 Å². The molecule has 0 saturated carbocycles. The zero-order valence-corrected chi connectivity index (χ0v) is 10.0. The van der Waals surface area contributed by atoms with E-state index in [0.29, 0.717) is 0 Å². The van der Waals surface area contributed by atoms with Gasteiger partial charge < -0.3 is 0 Å². The quantitative estimate of drug-likeness (QED) is 0.693. The summed E-state index contributed by atoms with van der Waals surface area (Å²) in [6.45, 7) is 4.42. The topological polar surface area (TPSA) is 0 Å². The second-order valence-corrected chi connectivity index (χ2v) is 4.27. The van der Waals surface area contributed by atoms with E-state index in [1.54, 1.807) is 0 Å². The molecule has 2 aromatic rings. The molecule has 0 unspecified atom stereocenters. The molecule has 0 fully saturated rings. The van der Waals surface area contributed by atoms with E-state index < -0.39 is 0 Å². The predicted octanol–water partition coefficient (Wildman–Crippen LogP) is 4.61. The summed E-state index contributed by atoms with van der Waals surface area (Å²) in [5, 5.41) is 0. The van der Waals surface area contributed by atoms with Gasteiger partial charge in [0.25, 0.3) is 0 Å². The van der Waals surface area contributed by atoms with Crippen molar-refractivity contribution in [3.8, 4) is 11.1 Å². The molecule has 16 heavy (non-hydrogen) atoms. The maximum Gasteiger partial charge on any atom is -0.0155 e. The molecule has 0 aliphatic heterocycles. The second kappa shape index (κ2) is 4.98. The summed E-state index contributed by atoms with van der Waals surface area (Å²) in [5.74, 6) is 0. The first-order valence-corrected chi connectivity index (χ1v) is 5.96. The molecule has 0 N–H and O–H groups in total. The summed E-state index contributed by atoms with van der Waals surface area (Å²) in [4.78, 5) is 0. The second-order valence-electron chi connectivity index (χ2n) is 4.27. The highest BCUT2D eigenvalue weighted by atomic mass is 14.1. The van der Waals surface area contributed by atoms with Crippen molar-refractivity contribution in [1.29, 1.82) is 0 Å². The highest BCUT2D eigenvalue weighted by Crippen LogP contribution is 2.24. The maximum atomic E-state index is 2.31. The Labute approximate surface area is 97.9 Å². The fourth-order valence-electron chi connectivity index (χ4n) is 2.11. The molecular formula is C16H18. The highest BCUT2D eigenvalue weighted by molar-refractivity contribution is 5.67. The van der Waals surface area contributed by atoms with Crippen LogP contribution in [0.4, 0.5) is 0 Å². The van der Waals surface area contributed by atoms with E-state index in [1.165, 1.54) is 35.1 Å². The van der Waals surface area contributed by atoms with Gasteiger partial charge in [0.15, 0.2) is 0 Å². The van der Waals surface area contributed by atoms with Crippen LogP contribution in [-0.4, -0.2) is 0 Å². The first kappa shape index (κ1) is 10.9. The van der Waals surface area contributed by atoms with Gasteiger partial charge in [-0.1, -0.05) is 61.9 Å². The highest BCUT2D eigenvalue weighted by Gasteiger charge is 2.01. The van der Waals surface area contributed by atoms with E-state index in [4.69, 9.17) is 0 Å². The molecule has 0 aliphatic carbocycles. The number of hydrogen-bond donors (Lipinski definition) is 0. The molecule has 0 heterocycles. The van der Waals surface area contributed by atoms with E-state index in [-0.39, 0.29) is 0 Å². The maximum absolute atomic E-state index is 2.31. The van der Waals surface area contributed by atoms with Gasteiger partial charge in [0.2, 0.25) is 0 Å². The largest absolute Gasteiger partial charge is 0.0651 e. The minimum absolute atomic E-state index is 1.18. The normalized spacial score (nSPS) is 10.4. The Bertz CT molecular complexity index is 455. The average Bonchev–Trinajstić information content (AvgIpc) is 2.31. The van der Waals surface area contributed by atoms with Crippen LogP contribution < -0.4 is 0 Å². The lowest BCUT2D eigenvalue weighted by atomic mass is 9.97. The zero-order valence-electron chi connectivity index (χ0n) is 10.0. The number of aryl methyl sites for hydroxylation is 2. The van der Waals surface area contributed by atoms with Crippen LogP contribution >= 0.6 is 0 Å². The van der Waals surface area contributed by atoms with E-state index in [2.05, 4.69) is 62.4 Å². The van der Waals surface area contributed by atoms with Gasteiger partial charge in [0.1, 0.15) is 0 Å². The molecule has 2 aromatic carbocycles. The van der Waals surface area contributed by atoms with E-state index in [1.807, 2.05) is 0 Å². The van der Waals surface area contributed by atoms with E-state index in [0.717, 1.165) is 0 Å². The Morgan fingerprint density at radius 2 is 1.69 bits per heavy atom. The Morgan fingerprint density at radius 1 is 0.938 bits per heavy atom. The fraction of sp³-hybridized carbons (Fsp3) is 0.250. The molecule has 0 heteroatoms. The van der Waals surface area contributed by atoms with Crippen molar-refractivity contribution in [2.75, 3.05) is 0 Å². The molecule has 0 radical (unpaired) electrons. The first-order valence-electron chi connectivity index (χ1n) is 5.96. The van der Waals surface area contributed by atoms with Crippen molar-refractivity contribution in [3.63, 3.8) is 0 Å². The smallest absolute Gasteiger partial charge is 0.0155 e. The van der Waals surface area contributed by atoms with Gasteiger partial charge in [-0.05, 0) is 35.6 Å². The molecule has 82 valence electrons. The van der Waals surface area contributed by atoms with Crippen LogP contribution in [0.2, 0.25) is 0 Å². The summed E-state index contributed by atoms with van der Waals surface area (Å²) in [6, 6.07) is 17.4. The van der Waals surface area contributed by atoms with Crippen LogP contribution in [0.1, 0.15) is 24.5 Å². The first-order chi connectivity index (χ1) is 7.81. The van der Waals surface area contributed by atoms with Gasteiger partial charge >= 0.3 is 0 Å². The van der Waals surface area contributed by atoms with Crippen LogP contribution in [0.15, 0.2) is 48.5 Å². The lowest BCUT2D eigenvalue weighted by Gasteiger charge is -2.08. The summed E-state index contributed by atoms with van der Waals surface area (Å²) in [6.07, 6.45) is 2.39. The molecule has 0 amide bonds. The van der Waals surface area contributed by atoms with Gasteiger partial charge in [0, 0.05) is 0 Å². The van der Waals surface area contributed by atoms with Crippen molar-refractivity contribution >= 4 is 0 Å². The van der Waals surface area contributed by atoms with Crippen LogP contribution in [0.3, 0.4) is 0 Å². The molecule has 0 aromatic heterocycles. The molecule has 0 nitrogen and oxygen atoms in total. The predicted molar refractivity (Wildman–Crippen MR) is 70.6 cm³/mol. The SMILES string of the molecule is CCCc1ccc(-c2ccccc2)c(C)c1. The number of rotatable bonds is 3. The van der Waals surface area contributed by atoms with Crippen LogP contribution in [0.5, 0.6) is 0 Å². The molecule has 0 bridgehead atoms. The molecule has 0 atom stereocenters. The van der Waals surface area contributed by atoms with Crippen molar-refractivity contribution in [1.82, 2.24) is 0 Å². The van der Waals surface area contributed by atoms with Crippen molar-refractivity contribution in [2.24, 2.45) is 0 Å². The summed E-state index contributed by atoms with van der Waals surface area (Å²) >= 11 is 0. The Kier molecular flexibility index (Phi) is 3.40.